The monoisotopic (exact) mass is 931 g/mol. The van der Waals surface area contributed by atoms with Crippen LogP contribution in [0, 0.1) is 25.2 Å². The van der Waals surface area contributed by atoms with Gasteiger partial charge in [-0.3, -0.25) is 19.9 Å². The third-order valence-corrected chi connectivity index (χ3v) is 15.5. The summed E-state index contributed by atoms with van der Waals surface area (Å²) in [4.78, 5) is 35.5. The highest BCUT2D eigenvalue weighted by atomic mass is 32.2. The number of carbonyl (C=O) groups is 2. The molecule has 7 aliphatic rings. The van der Waals surface area contributed by atoms with E-state index in [-0.39, 0.29) is 51.9 Å². The average molecular weight is 932 g/mol. The Hall–Kier alpha value is -5.27. The number of phenols is 1. The number of esters is 1. The number of H-pyrrole nitrogens is 1. The van der Waals surface area contributed by atoms with E-state index in [1.54, 1.807) is 14.0 Å². The topological polar surface area (TPSA) is 159 Å². The molecule has 2 saturated heterocycles. The number of aryl methyl sites for hydroxylation is 1. The molecule has 1 unspecified atom stereocenters. The molecule has 344 valence electrons. The van der Waals surface area contributed by atoms with Crippen molar-refractivity contribution in [2.75, 3.05) is 46.5 Å². The van der Waals surface area contributed by atoms with Crippen LogP contribution in [-0.2, 0) is 32.7 Å². The van der Waals surface area contributed by atoms with E-state index in [0.717, 1.165) is 28.2 Å². The van der Waals surface area contributed by atoms with Crippen molar-refractivity contribution in [1.29, 1.82) is 5.26 Å². The number of methoxy groups -OCH3 is 1. The zero-order chi connectivity index (χ0) is 46.3. The fourth-order valence-corrected chi connectivity index (χ4v) is 12.8. The number of rotatable bonds is 4. The molecule has 1 spiro atoms. The molecule has 0 saturated carbocycles. The van der Waals surface area contributed by atoms with Crippen LogP contribution in [0.25, 0.3) is 10.9 Å². The van der Waals surface area contributed by atoms with Gasteiger partial charge in [-0.05, 0) is 56.5 Å². The molecule has 1 aromatic heterocycles. The van der Waals surface area contributed by atoms with E-state index >= 15 is 8.78 Å². The predicted molar refractivity (Wildman–Crippen MR) is 217 cm³/mol. The highest BCUT2D eigenvalue weighted by molar-refractivity contribution is 7.99. The Morgan fingerprint density at radius 3 is 2.52 bits per heavy atom. The fourth-order valence-electron chi connectivity index (χ4n) is 11.1. The number of phenolic OH excluding ortho intramolecular Hbond substituents is 1. The van der Waals surface area contributed by atoms with Crippen LogP contribution in [0.3, 0.4) is 0 Å². The first-order valence-electron chi connectivity index (χ1n) is 20.7. The number of hydrogen-bond donors (Lipinski definition) is 3. The average Bonchev–Trinajstić information content (AvgIpc) is 3.90. The summed E-state index contributed by atoms with van der Waals surface area (Å²) in [5.41, 5.74) is 2.01. The number of piperazine rings is 1. The van der Waals surface area contributed by atoms with Gasteiger partial charge in [-0.2, -0.15) is 36.0 Å². The van der Waals surface area contributed by atoms with Crippen molar-refractivity contribution < 1.29 is 69.1 Å². The predicted octanol–water partition coefficient (Wildman–Crippen LogP) is 6.61. The maximum Gasteiger partial charge on any atom is 0.460 e. The number of aromatic nitrogens is 1. The highest BCUT2D eigenvalue weighted by Gasteiger charge is 2.77. The summed E-state index contributed by atoms with van der Waals surface area (Å²) in [5.74, 6) is -18.0. The number of aromatic hydroxyl groups is 1. The second kappa shape index (κ2) is 14.9. The largest absolute Gasteiger partial charge is 0.504 e. The van der Waals surface area contributed by atoms with Gasteiger partial charge < -0.3 is 33.8 Å². The first-order chi connectivity index (χ1) is 30.8. The normalized spacial score (nSPS) is 27.6. The third kappa shape index (κ3) is 5.92. The van der Waals surface area contributed by atoms with E-state index in [0.29, 0.717) is 35.3 Å². The van der Waals surface area contributed by atoms with Crippen LogP contribution in [0.5, 0.6) is 28.7 Å². The second-order valence-corrected chi connectivity index (χ2v) is 18.3. The van der Waals surface area contributed by atoms with Crippen LogP contribution in [0.1, 0.15) is 62.0 Å². The van der Waals surface area contributed by atoms with E-state index in [9.17, 15) is 41.9 Å². The van der Waals surface area contributed by atoms with Gasteiger partial charge in [0.1, 0.15) is 23.9 Å². The summed E-state index contributed by atoms with van der Waals surface area (Å²) in [7, 11) is 3.14. The summed E-state index contributed by atoms with van der Waals surface area (Å²) in [6, 6.07) is 7.12. The number of thioether (sulfide) groups is 1. The van der Waals surface area contributed by atoms with Crippen molar-refractivity contribution in [3.8, 4) is 34.8 Å². The van der Waals surface area contributed by atoms with Gasteiger partial charge in [-0.25, -0.2) is 4.79 Å². The summed E-state index contributed by atoms with van der Waals surface area (Å²) in [5, 5.41) is 26.4. The Labute approximate surface area is 370 Å². The zero-order valence-corrected chi connectivity index (χ0v) is 35.8. The molecule has 21 heteroatoms. The quantitative estimate of drug-likeness (QED) is 0.114. The number of fused-ring (bicyclic) bond motifs is 12. The van der Waals surface area contributed by atoms with Gasteiger partial charge in [0.15, 0.2) is 28.8 Å². The lowest BCUT2D eigenvalue weighted by molar-refractivity contribution is -0.346. The summed E-state index contributed by atoms with van der Waals surface area (Å²) in [6.45, 7) is 2.00. The Morgan fingerprint density at radius 2 is 1.80 bits per heavy atom. The third-order valence-electron chi connectivity index (χ3n) is 14.0. The SMILES string of the molecule is COc1c(C)cc2c(c1O)[C@@H]1C3[C@@H]4SC[C@]5(NCCc6c5[nH]c5ccccc65)C(=O)COC[C@H](c5c6c(c(C)c(OC(=O)C(F)(F)C(F)(F)C(F)(F)F)c54)OCO6)N3[C@@H](C#N)[C@H](C2)N1C. The van der Waals surface area contributed by atoms with E-state index in [1.807, 2.05) is 40.1 Å². The van der Waals surface area contributed by atoms with Crippen LogP contribution in [0.4, 0.5) is 30.7 Å². The summed E-state index contributed by atoms with van der Waals surface area (Å²) >= 11 is 1.09. The number of halogens is 7. The Morgan fingerprint density at radius 1 is 1.06 bits per heavy atom. The molecule has 13 nitrogen and oxygen atoms in total. The van der Waals surface area contributed by atoms with Gasteiger partial charge >= 0.3 is 24.0 Å². The Kier molecular flexibility index (Phi) is 9.98. The van der Waals surface area contributed by atoms with Crippen LogP contribution in [0.15, 0.2) is 30.3 Å². The molecule has 2 fully saturated rings. The van der Waals surface area contributed by atoms with E-state index < -0.39 is 96.5 Å². The Balaban J connectivity index is 1.25. The number of alkyl halides is 7. The summed E-state index contributed by atoms with van der Waals surface area (Å²) in [6.07, 6.45) is -6.05. The van der Waals surface area contributed by atoms with E-state index in [1.165, 1.54) is 14.0 Å². The van der Waals surface area contributed by atoms with Crippen molar-refractivity contribution >= 4 is 34.4 Å². The minimum absolute atomic E-state index is 0.0117. The van der Waals surface area contributed by atoms with Gasteiger partial charge in [0, 0.05) is 63.2 Å². The molecule has 3 aromatic carbocycles. The smallest absolute Gasteiger partial charge is 0.460 e. The molecule has 65 heavy (non-hydrogen) atoms. The molecule has 4 bridgehead atoms. The van der Waals surface area contributed by atoms with E-state index in [4.69, 9.17) is 23.7 Å². The molecule has 8 heterocycles. The molecule has 3 N–H and O–H groups in total. The molecule has 4 aromatic rings. The number of carbonyl (C=O) groups excluding carboxylic acids is 2. The van der Waals surface area contributed by atoms with Crippen molar-refractivity contribution in [3.63, 3.8) is 0 Å². The lowest BCUT2D eigenvalue weighted by Crippen LogP contribution is -2.69. The molecule has 0 amide bonds. The van der Waals surface area contributed by atoms with Crippen LogP contribution >= 0.6 is 11.8 Å². The number of ether oxygens (including phenoxy) is 5. The maximum atomic E-state index is 15.4. The number of benzene rings is 3. The number of aromatic amines is 1. The highest BCUT2D eigenvalue weighted by Crippen LogP contribution is 2.65. The fraction of sp³-hybridized carbons (Fsp3) is 0.477. The second-order valence-electron chi connectivity index (χ2n) is 17.2. The number of Topliss-reactive ketones (excluding diaryl/α,β-unsaturated/α-hetero) is 1. The first kappa shape index (κ1) is 43.6. The molecule has 7 aliphatic heterocycles. The molecule has 11 rings (SSSR count). The number of para-hydroxylation sites is 1. The number of likely N-dealkylation sites (N-methyl/N-ethyl adjacent to an activating group) is 1. The van der Waals surface area contributed by atoms with E-state index in [2.05, 4.69) is 16.4 Å². The van der Waals surface area contributed by atoms with Crippen molar-refractivity contribution in [2.24, 2.45) is 0 Å². The zero-order valence-electron chi connectivity index (χ0n) is 35.0. The lowest BCUT2D eigenvalue weighted by Gasteiger charge is -2.61. The molecular formula is C44H40F7N5O8S. The van der Waals surface area contributed by atoms with Crippen LogP contribution in [0.2, 0.25) is 0 Å². The molecule has 0 aliphatic carbocycles. The number of ketones is 1. The number of nitriles is 1. The molecular weight excluding hydrogens is 892 g/mol. The summed E-state index contributed by atoms with van der Waals surface area (Å²) < 4.78 is 130. The van der Waals surface area contributed by atoms with Gasteiger partial charge in [0.2, 0.25) is 6.79 Å². The minimum Gasteiger partial charge on any atom is -0.504 e. The maximum absolute atomic E-state index is 15.4. The molecule has 7 atom stereocenters. The van der Waals surface area contributed by atoms with Gasteiger partial charge in [-0.1, -0.05) is 24.3 Å². The van der Waals surface area contributed by atoms with Gasteiger partial charge in [0.25, 0.3) is 0 Å². The lowest BCUT2D eigenvalue weighted by atomic mass is 9.71. The Bertz CT molecular complexity index is 2740. The van der Waals surface area contributed by atoms with Crippen molar-refractivity contribution in [1.82, 2.24) is 20.1 Å². The van der Waals surface area contributed by atoms with Crippen molar-refractivity contribution in [3.05, 3.63) is 75.0 Å². The van der Waals surface area contributed by atoms with Crippen LogP contribution in [-0.4, -0.2) is 114 Å². The van der Waals surface area contributed by atoms with Crippen LogP contribution < -0.4 is 24.3 Å². The first-order valence-corrected chi connectivity index (χ1v) is 21.7. The molecule has 0 radical (unpaired) electrons. The number of hydrogen-bond acceptors (Lipinski definition) is 13. The van der Waals surface area contributed by atoms with Gasteiger partial charge in [-0.15, -0.1) is 11.8 Å². The number of nitrogens with one attached hydrogen (secondary N) is 2. The number of nitrogens with zero attached hydrogens (tertiary/aromatic N) is 3. The van der Waals surface area contributed by atoms with Crippen molar-refractivity contribution in [2.45, 2.75) is 85.7 Å². The van der Waals surface area contributed by atoms with Gasteiger partial charge in [0.05, 0.1) is 37.1 Å². The minimum atomic E-state index is -6.85. The standard InChI is InChI=1S/C44H40F7N5O8S/c1-18-11-20-12-24-25(13-52)56-26-14-61-15-27(57)41(39-22(9-10-53-41)21-7-5-6-8-23(21)54-39)16-65-38(32(56)31(55(24)3)28(20)33(58)34(18)60-4)30-29(26)37-36(62-17-63-37)19(2)35(30)64-40(59)42(45,46)43(47,48)44(49,50)51/h5-8,11,24-26,31-32,38,53-54,58H,9-10,12,14-17H2,1-4H3/t24-,25-,26+,31+,32?,38+,41-/m0/s1.